The van der Waals surface area contributed by atoms with Gasteiger partial charge in [-0.15, -0.1) is 11.8 Å². The second kappa shape index (κ2) is 8.53. The molecule has 1 aliphatic heterocycles. The molecule has 122 valence electrons. The zero-order valence-electron chi connectivity index (χ0n) is 13.6. The van der Waals surface area contributed by atoms with Crippen molar-refractivity contribution >= 4 is 11.8 Å². The maximum atomic E-state index is 6.17. The van der Waals surface area contributed by atoms with Gasteiger partial charge in [0.15, 0.2) is 0 Å². The van der Waals surface area contributed by atoms with Gasteiger partial charge in [0.05, 0.1) is 24.1 Å². The van der Waals surface area contributed by atoms with Crippen LogP contribution in [0.25, 0.3) is 0 Å². The molecule has 2 aromatic carbocycles. The molecule has 1 saturated heterocycles. The third-order valence-electron chi connectivity index (χ3n) is 4.17. The van der Waals surface area contributed by atoms with Gasteiger partial charge in [0, 0.05) is 11.5 Å². The summed E-state index contributed by atoms with van der Waals surface area (Å²) >= 11 is 1.88. The van der Waals surface area contributed by atoms with E-state index in [4.69, 9.17) is 9.47 Å². The molecule has 3 heteroatoms. The van der Waals surface area contributed by atoms with Crippen molar-refractivity contribution in [1.29, 1.82) is 0 Å². The monoisotopic (exact) mass is 328 g/mol. The highest BCUT2D eigenvalue weighted by Crippen LogP contribution is 2.34. The first-order valence-electron chi connectivity index (χ1n) is 8.32. The van der Waals surface area contributed by atoms with E-state index in [0.29, 0.717) is 11.9 Å². The first-order chi connectivity index (χ1) is 11.3. The fourth-order valence-corrected chi connectivity index (χ4v) is 4.15. The van der Waals surface area contributed by atoms with Crippen molar-refractivity contribution in [2.24, 2.45) is 0 Å². The van der Waals surface area contributed by atoms with E-state index in [-0.39, 0.29) is 12.2 Å². The molecule has 0 unspecified atom stereocenters. The van der Waals surface area contributed by atoms with Gasteiger partial charge in [-0.25, -0.2) is 0 Å². The molecular formula is C20H24O2S. The maximum Gasteiger partial charge on any atom is 0.0723 e. The molecule has 0 N–H and O–H groups in total. The SMILES string of the molecule is C[C@H](OCc1ccccc1)[C@H](Sc1ccccc1)[C@@H]1CCCO1. The standard InChI is InChI=1S/C20H24O2S/c1-16(22-15-17-9-4-2-5-10-17)20(19-13-8-14-21-19)23-18-11-6-3-7-12-18/h2-7,9-12,16,19-20H,8,13-15H2,1H3/t16-,19-,20-/m0/s1. The summed E-state index contributed by atoms with van der Waals surface area (Å²) in [5.74, 6) is 0. The Morgan fingerprint density at radius 2 is 1.78 bits per heavy atom. The molecule has 1 heterocycles. The Labute approximate surface area is 143 Å². The highest BCUT2D eigenvalue weighted by Gasteiger charge is 2.31. The first-order valence-corrected chi connectivity index (χ1v) is 9.20. The molecule has 2 aromatic rings. The topological polar surface area (TPSA) is 18.5 Å². The van der Waals surface area contributed by atoms with Gasteiger partial charge in [0.2, 0.25) is 0 Å². The number of hydrogen-bond donors (Lipinski definition) is 0. The average molecular weight is 328 g/mol. The van der Waals surface area contributed by atoms with Gasteiger partial charge in [-0.1, -0.05) is 48.5 Å². The van der Waals surface area contributed by atoms with Crippen molar-refractivity contribution in [2.75, 3.05) is 6.61 Å². The first kappa shape index (κ1) is 16.6. The van der Waals surface area contributed by atoms with Crippen LogP contribution in [0, 0.1) is 0 Å². The summed E-state index contributed by atoms with van der Waals surface area (Å²) in [4.78, 5) is 1.28. The minimum Gasteiger partial charge on any atom is -0.377 e. The Kier molecular flexibility index (Phi) is 6.14. The van der Waals surface area contributed by atoms with E-state index in [0.717, 1.165) is 19.4 Å². The normalized spacial score (nSPS) is 20.3. The van der Waals surface area contributed by atoms with Crippen molar-refractivity contribution in [3.63, 3.8) is 0 Å². The summed E-state index contributed by atoms with van der Waals surface area (Å²) in [5, 5.41) is 0.323. The lowest BCUT2D eigenvalue weighted by molar-refractivity contribution is 0.0115. The van der Waals surface area contributed by atoms with E-state index in [2.05, 4.69) is 61.5 Å². The van der Waals surface area contributed by atoms with Crippen molar-refractivity contribution in [3.05, 3.63) is 66.2 Å². The van der Waals surface area contributed by atoms with Gasteiger partial charge < -0.3 is 9.47 Å². The molecule has 0 saturated carbocycles. The fraction of sp³-hybridized carbons (Fsp3) is 0.400. The van der Waals surface area contributed by atoms with Crippen molar-refractivity contribution in [3.8, 4) is 0 Å². The largest absolute Gasteiger partial charge is 0.377 e. The molecule has 0 aliphatic carbocycles. The van der Waals surface area contributed by atoms with Gasteiger partial charge in [0.25, 0.3) is 0 Å². The average Bonchev–Trinajstić information content (AvgIpc) is 3.14. The number of ether oxygens (including phenoxy) is 2. The predicted octanol–water partition coefficient (Wildman–Crippen LogP) is 4.93. The Morgan fingerprint density at radius 3 is 2.43 bits per heavy atom. The van der Waals surface area contributed by atoms with Crippen LogP contribution in [0.2, 0.25) is 0 Å². The van der Waals surface area contributed by atoms with E-state index in [9.17, 15) is 0 Å². The number of rotatable bonds is 7. The molecule has 0 amide bonds. The number of hydrogen-bond acceptors (Lipinski definition) is 3. The molecule has 3 rings (SSSR count). The van der Waals surface area contributed by atoms with Gasteiger partial charge >= 0.3 is 0 Å². The number of benzene rings is 2. The highest BCUT2D eigenvalue weighted by molar-refractivity contribution is 8.00. The van der Waals surface area contributed by atoms with E-state index >= 15 is 0 Å². The fourth-order valence-electron chi connectivity index (χ4n) is 2.89. The van der Waals surface area contributed by atoms with Crippen LogP contribution in [0.4, 0.5) is 0 Å². The van der Waals surface area contributed by atoms with E-state index in [1.165, 1.54) is 10.5 Å². The lowest BCUT2D eigenvalue weighted by Gasteiger charge is -2.28. The molecule has 2 nitrogen and oxygen atoms in total. The van der Waals surface area contributed by atoms with E-state index < -0.39 is 0 Å². The van der Waals surface area contributed by atoms with Gasteiger partial charge in [-0.05, 0) is 37.5 Å². The van der Waals surface area contributed by atoms with Crippen LogP contribution in [0.3, 0.4) is 0 Å². The van der Waals surface area contributed by atoms with Crippen LogP contribution >= 0.6 is 11.8 Å². The van der Waals surface area contributed by atoms with Gasteiger partial charge in [0.1, 0.15) is 0 Å². The number of thioether (sulfide) groups is 1. The molecular weight excluding hydrogens is 304 g/mol. The molecule has 1 fully saturated rings. The minimum absolute atomic E-state index is 0.142. The van der Waals surface area contributed by atoms with Crippen LogP contribution in [-0.4, -0.2) is 24.1 Å². The molecule has 0 bridgehead atoms. The predicted molar refractivity (Wildman–Crippen MR) is 95.8 cm³/mol. The Hall–Kier alpha value is -1.29. The summed E-state index contributed by atoms with van der Waals surface area (Å²) < 4.78 is 12.1. The highest BCUT2D eigenvalue weighted by atomic mass is 32.2. The van der Waals surface area contributed by atoms with E-state index in [1.54, 1.807) is 0 Å². The third kappa shape index (κ3) is 4.84. The third-order valence-corrected chi connectivity index (χ3v) is 5.67. The molecule has 0 aromatic heterocycles. The van der Waals surface area contributed by atoms with Crippen LogP contribution < -0.4 is 0 Å². The summed E-state index contributed by atoms with van der Waals surface area (Å²) in [6.45, 7) is 3.70. The van der Waals surface area contributed by atoms with Gasteiger partial charge in [-0.3, -0.25) is 0 Å². The lowest BCUT2D eigenvalue weighted by Crippen LogP contribution is -2.34. The second-order valence-electron chi connectivity index (χ2n) is 5.95. The Morgan fingerprint density at radius 1 is 1.09 bits per heavy atom. The van der Waals surface area contributed by atoms with E-state index in [1.807, 2.05) is 17.8 Å². The summed E-state index contributed by atoms with van der Waals surface area (Å²) in [6, 6.07) is 20.9. The minimum atomic E-state index is 0.142. The van der Waals surface area contributed by atoms with Crippen molar-refractivity contribution < 1.29 is 9.47 Å². The Bertz CT molecular complexity index is 567. The maximum absolute atomic E-state index is 6.17. The molecule has 3 atom stereocenters. The van der Waals surface area contributed by atoms with Crippen LogP contribution in [0.1, 0.15) is 25.3 Å². The lowest BCUT2D eigenvalue weighted by atomic mass is 10.1. The Balaban J connectivity index is 1.64. The molecule has 23 heavy (non-hydrogen) atoms. The second-order valence-corrected chi connectivity index (χ2v) is 7.20. The smallest absolute Gasteiger partial charge is 0.0723 e. The molecule has 1 aliphatic rings. The van der Waals surface area contributed by atoms with Crippen molar-refractivity contribution in [1.82, 2.24) is 0 Å². The molecule has 0 spiro atoms. The molecule has 0 radical (unpaired) electrons. The van der Waals surface area contributed by atoms with Crippen LogP contribution in [0.5, 0.6) is 0 Å². The zero-order chi connectivity index (χ0) is 15.9. The summed E-state index contributed by atoms with van der Waals surface area (Å²) in [7, 11) is 0. The van der Waals surface area contributed by atoms with Crippen molar-refractivity contribution in [2.45, 2.75) is 48.7 Å². The van der Waals surface area contributed by atoms with Crippen LogP contribution in [0.15, 0.2) is 65.6 Å². The zero-order valence-corrected chi connectivity index (χ0v) is 14.4. The van der Waals surface area contributed by atoms with Gasteiger partial charge in [-0.2, -0.15) is 0 Å². The van der Waals surface area contributed by atoms with Crippen LogP contribution in [-0.2, 0) is 16.1 Å². The quantitative estimate of drug-likeness (QED) is 0.671. The summed E-state index contributed by atoms with van der Waals surface area (Å²) in [5.41, 5.74) is 1.22. The summed E-state index contributed by atoms with van der Waals surface area (Å²) in [6.07, 6.45) is 2.71.